The van der Waals surface area contributed by atoms with Gasteiger partial charge in [0.1, 0.15) is 6.61 Å². The van der Waals surface area contributed by atoms with E-state index in [4.69, 9.17) is 24.3 Å². The van der Waals surface area contributed by atoms with E-state index in [9.17, 15) is 19.0 Å². The Morgan fingerprint density at radius 1 is 0.518 bits per heavy atom. The first-order valence-corrected chi connectivity index (χ1v) is 25.2. The molecule has 0 spiro atoms. The third-order valence-electron chi connectivity index (χ3n) is 10.4. The molecule has 0 heterocycles. The predicted octanol–water partition coefficient (Wildman–Crippen LogP) is 13.8. The first-order chi connectivity index (χ1) is 27.3. The molecule has 0 aliphatic heterocycles. The van der Waals surface area contributed by atoms with Crippen molar-refractivity contribution in [2.45, 2.75) is 245 Å². The zero-order valence-electron chi connectivity index (χ0n) is 36.6. The molecule has 3 N–H and O–H groups in total. The summed E-state index contributed by atoms with van der Waals surface area (Å²) >= 11 is 0. The Kier molecular flexibility index (Phi) is 42.4. The molecule has 0 radical (unpaired) electrons. The lowest BCUT2D eigenvalue weighted by Crippen LogP contribution is -2.29. The first kappa shape index (κ1) is 54.8. The standard InChI is InChI=1S/C46H90NO8P/c1-3-5-7-9-11-13-15-16-17-18-19-20-21-22-23-24-25-26-27-29-30-32-34-36-38-45(48)52-42-44(43-54-56(50,51)53-41-40-47)55-46(49)39-37-35-33-31-28-14-12-10-8-6-4-2/h10,12,44H,3-9,11,13-43,47H2,1-2H3,(H,50,51)/b12-10-. The van der Waals surface area contributed by atoms with Gasteiger partial charge in [-0.25, -0.2) is 4.57 Å². The van der Waals surface area contributed by atoms with Gasteiger partial charge in [-0.1, -0.05) is 206 Å². The largest absolute Gasteiger partial charge is 0.472 e. The lowest BCUT2D eigenvalue weighted by atomic mass is 10.0. The van der Waals surface area contributed by atoms with Crippen molar-refractivity contribution in [3.8, 4) is 0 Å². The van der Waals surface area contributed by atoms with E-state index >= 15 is 0 Å². The molecule has 0 aliphatic rings. The molecule has 56 heavy (non-hydrogen) atoms. The Bertz CT molecular complexity index is 933. The van der Waals surface area contributed by atoms with Crippen molar-refractivity contribution in [3.05, 3.63) is 12.2 Å². The summed E-state index contributed by atoms with van der Waals surface area (Å²) in [6.45, 7) is 3.72. The molecular formula is C46H90NO8P. The molecule has 0 rings (SSSR count). The second-order valence-corrected chi connectivity index (χ2v) is 17.4. The number of nitrogens with two attached hydrogens (primary N) is 1. The number of phosphoric acid groups is 1. The van der Waals surface area contributed by atoms with Crippen LogP contribution in [-0.4, -0.2) is 49.3 Å². The molecule has 0 fully saturated rings. The van der Waals surface area contributed by atoms with Gasteiger partial charge in [0.25, 0.3) is 0 Å². The summed E-state index contributed by atoms with van der Waals surface area (Å²) < 4.78 is 32.8. The number of rotatable bonds is 45. The van der Waals surface area contributed by atoms with Crippen molar-refractivity contribution in [2.75, 3.05) is 26.4 Å². The zero-order valence-corrected chi connectivity index (χ0v) is 37.5. The van der Waals surface area contributed by atoms with Crippen LogP contribution in [0.15, 0.2) is 12.2 Å². The molecule has 10 heteroatoms. The topological polar surface area (TPSA) is 134 Å². The fourth-order valence-electron chi connectivity index (χ4n) is 6.85. The summed E-state index contributed by atoms with van der Waals surface area (Å²) in [5.74, 6) is -0.828. The SMILES string of the molecule is CCCC/C=C\CCCCCCCC(=O)OC(COC(=O)CCCCCCCCCCCCCCCCCCCCCCCCCC)COP(=O)(O)OCCN. The quantitative estimate of drug-likeness (QED) is 0.0266. The average molecular weight is 816 g/mol. The van der Waals surface area contributed by atoms with Crippen LogP contribution in [0.4, 0.5) is 0 Å². The normalized spacial score (nSPS) is 13.3. The maximum absolute atomic E-state index is 12.5. The Morgan fingerprint density at radius 3 is 1.32 bits per heavy atom. The van der Waals surface area contributed by atoms with Crippen LogP contribution in [-0.2, 0) is 32.7 Å². The van der Waals surface area contributed by atoms with Gasteiger partial charge < -0.3 is 20.1 Å². The number of hydrogen-bond acceptors (Lipinski definition) is 8. The van der Waals surface area contributed by atoms with E-state index in [1.165, 1.54) is 148 Å². The summed E-state index contributed by atoms with van der Waals surface area (Å²) in [7, 11) is -4.37. The number of carbonyl (C=O) groups is 2. The van der Waals surface area contributed by atoms with Crippen molar-refractivity contribution >= 4 is 19.8 Å². The van der Waals surface area contributed by atoms with Crippen LogP contribution in [0.5, 0.6) is 0 Å². The second-order valence-electron chi connectivity index (χ2n) is 16.0. The number of carbonyl (C=O) groups excluding carboxylic acids is 2. The van der Waals surface area contributed by atoms with Crippen molar-refractivity contribution in [1.82, 2.24) is 0 Å². The summed E-state index contributed by atoms with van der Waals surface area (Å²) in [5.41, 5.74) is 5.35. The molecule has 2 atom stereocenters. The predicted molar refractivity (Wildman–Crippen MR) is 234 cm³/mol. The molecule has 0 saturated heterocycles. The fraction of sp³-hybridized carbons (Fsp3) is 0.913. The molecular weight excluding hydrogens is 725 g/mol. The smallest absolute Gasteiger partial charge is 0.462 e. The number of allylic oxidation sites excluding steroid dienone is 2. The number of esters is 2. The van der Waals surface area contributed by atoms with E-state index < -0.39 is 26.5 Å². The highest BCUT2D eigenvalue weighted by Crippen LogP contribution is 2.43. The molecule has 0 aromatic heterocycles. The Labute approximate surface area is 345 Å². The van der Waals surface area contributed by atoms with Crippen LogP contribution in [0.1, 0.15) is 239 Å². The zero-order chi connectivity index (χ0) is 41.1. The van der Waals surface area contributed by atoms with Gasteiger partial charge in [-0.05, 0) is 32.1 Å². The molecule has 0 bridgehead atoms. The number of ether oxygens (including phenoxy) is 2. The van der Waals surface area contributed by atoms with Gasteiger partial charge in [0.05, 0.1) is 13.2 Å². The second kappa shape index (κ2) is 43.3. The Morgan fingerprint density at radius 2 is 0.893 bits per heavy atom. The van der Waals surface area contributed by atoms with Crippen molar-refractivity contribution in [2.24, 2.45) is 5.73 Å². The van der Waals surface area contributed by atoms with Gasteiger partial charge in [-0.3, -0.25) is 18.6 Å². The molecule has 0 aromatic carbocycles. The Hall–Kier alpha value is -1.25. The van der Waals surface area contributed by atoms with E-state index in [1.54, 1.807) is 0 Å². The van der Waals surface area contributed by atoms with Crippen LogP contribution in [0.3, 0.4) is 0 Å². The van der Waals surface area contributed by atoms with Crippen LogP contribution in [0.2, 0.25) is 0 Å². The van der Waals surface area contributed by atoms with Crippen LogP contribution in [0.25, 0.3) is 0 Å². The third-order valence-corrected chi connectivity index (χ3v) is 11.4. The highest BCUT2D eigenvalue weighted by molar-refractivity contribution is 7.47. The third kappa shape index (κ3) is 42.4. The number of phosphoric ester groups is 1. The number of hydrogen-bond donors (Lipinski definition) is 2. The minimum Gasteiger partial charge on any atom is -0.462 e. The van der Waals surface area contributed by atoms with E-state index in [-0.39, 0.29) is 38.6 Å². The van der Waals surface area contributed by atoms with Crippen LogP contribution < -0.4 is 5.73 Å². The molecule has 0 aliphatic carbocycles. The van der Waals surface area contributed by atoms with Crippen molar-refractivity contribution in [3.63, 3.8) is 0 Å². The molecule has 9 nitrogen and oxygen atoms in total. The first-order valence-electron chi connectivity index (χ1n) is 23.7. The van der Waals surface area contributed by atoms with Crippen molar-refractivity contribution in [1.29, 1.82) is 0 Å². The highest BCUT2D eigenvalue weighted by Gasteiger charge is 2.26. The summed E-state index contributed by atoms with van der Waals surface area (Å²) in [6.07, 6.45) is 45.5. The van der Waals surface area contributed by atoms with E-state index in [2.05, 4.69) is 26.0 Å². The van der Waals surface area contributed by atoms with Gasteiger partial charge in [-0.2, -0.15) is 0 Å². The van der Waals surface area contributed by atoms with Gasteiger partial charge >= 0.3 is 19.8 Å². The lowest BCUT2D eigenvalue weighted by Gasteiger charge is -2.19. The van der Waals surface area contributed by atoms with Crippen LogP contribution >= 0.6 is 7.82 Å². The minimum absolute atomic E-state index is 0.0548. The maximum atomic E-state index is 12.5. The summed E-state index contributed by atoms with van der Waals surface area (Å²) in [4.78, 5) is 34.8. The van der Waals surface area contributed by atoms with Gasteiger partial charge in [-0.15, -0.1) is 0 Å². The van der Waals surface area contributed by atoms with Gasteiger partial charge in [0.15, 0.2) is 6.10 Å². The highest BCUT2D eigenvalue weighted by atomic mass is 31.2. The maximum Gasteiger partial charge on any atom is 0.472 e. The molecule has 2 unspecified atom stereocenters. The van der Waals surface area contributed by atoms with E-state index in [1.807, 2.05) is 0 Å². The van der Waals surface area contributed by atoms with Gasteiger partial charge in [0.2, 0.25) is 0 Å². The fourth-order valence-corrected chi connectivity index (χ4v) is 7.62. The van der Waals surface area contributed by atoms with Crippen LogP contribution in [0, 0.1) is 0 Å². The molecule has 0 amide bonds. The van der Waals surface area contributed by atoms with E-state index in [0.29, 0.717) is 6.42 Å². The molecule has 332 valence electrons. The van der Waals surface area contributed by atoms with Gasteiger partial charge in [0, 0.05) is 19.4 Å². The summed E-state index contributed by atoms with van der Waals surface area (Å²) in [6, 6.07) is 0. The Balaban J connectivity index is 3.93. The number of unbranched alkanes of at least 4 members (excludes halogenated alkanes) is 30. The van der Waals surface area contributed by atoms with Crippen molar-refractivity contribution < 1.29 is 37.6 Å². The van der Waals surface area contributed by atoms with E-state index in [0.717, 1.165) is 57.8 Å². The minimum atomic E-state index is -4.37. The lowest BCUT2D eigenvalue weighted by molar-refractivity contribution is -0.161. The molecule has 0 saturated carbocycles. The average Bonchev–Trinajstić information content (AvgIpc) is 3.18. The summed E-state index contributed by atoms with van der Waals surface area (Å²) in [5, 5.41) is 0. The monoisotopic (exact) mass is 816 g/mol. The molecule has 0 aromatic rings.